The number of aryl methyl sites for hydroxylation is 1. The lowest BCUT2D eigenvalue weighted by Gasteiger charge is -2.28. The number of benzene rings is 2. The van der Waals surface area contributed by atoms with Gasteiger partial charge in [0.25, 0.3) is 5.91 Å². The number of rotatable bonds is 4. The second-order valence-electron chi connectivity index (χ2n) is 7.02. The minimum atomic E-state index is 0.0436. The van der Waals surface area contributed by atoms with Crippen molar-refractivity contribution in [3.63, 3.8) is 0 Å². The first-order chi connectivity index (χ1) is 13.2. The van der Waals surface area contributed by atoms with Crippen molar-refractivity contribution in [2.24, 2.45) is 0 Å². The van der Waals surface area contributed by atoms with Crippen molar-refractivity contribution in [3.05, 3.63) is 94.7 Å². The minimum Gasteiger partial charge on any atom is -0.366 e. The van der Waals surface area contributed by atoms with Gasteiger partial charge in [0.05, 0.1) is 5.56 Å². The normalized spacial score (nSPS) is 13.1. The fourth-order valence-corrected chi connectivity index (χ4v) is 3.38. The van der Waals surface area contributed by atoms with Gasteiger partial charge in [-0.15, -0.1) is 0 Å². The molecule has 4 heteroatoms. The maximum absolute atomic E-state index is 12.8. The van der Waals surface area contributed by atoms with E-state index in [1.807, 2.05) is 23.1 Å². The highest BCUT2D eigenvalue weighted by Crippen LogP contribution is 2.20. The first-order valence-electron chi connectivity index (χ1n) is 9.30. The first kappa shape index (κ1) is 17.3. The summed E-state index contributed by atoms with van der Waals surface area (Å²) in [7, 11) is 0. The van der Waals surface area contributed by atoms with Gasteiger partial charge in [-0.1, -0.05) is 54.1 Å². The maximum Gasteiger partial charge on any atom is 0.255 e. The molecule has 4 rings (SSSR count). The lowest BCUT2D eigenvalue weighted by Crippen LogP contribution is -2.35. The van der Waals surface area contributed by atoms with Crippen LogP contribution >= 0.6 is 0 Å². The van der Waals surface area contributed by atoms with E-state index in [9.17, 15) is 4.79 Å². The Morgan fingerprint density at radius 2 is 1.81 bits per heavy atom. The van der Waals surface area contributed by atoms with E-state index < -0.39 is 0 Å². The van der Waals surface area contributed by atoms with E-state index in [1.54, 1.807) is 6.20 Å². The van der Waals surface area contributed by atoms with E-state index >= 15 is 0 Å². The van der Waals surface area contributed by atoms with Gasteiger partial charge >= 0.3 is 0 Å². The predicted molar refractivity (Wildman–Crippen MR) is 108 cm³/mol. The van der Waals surface area contributed by atoms with Crippen LogP contribution in [0.3, 0.4) is 0 Å². The second-order valence-corrected chi connectivity index (χ2v) is 7.02. The summed E-state index contributed by atoms with van der Waals surface area (Å²) in [5.41, 5.74) is 5.67. The van der Waals surface area contributed by atoms with Crippen LogP contribution < -0.4 is 5.32 Å². The van der Waals surface area contributed by atoms with Crippen LogP contribution in [0.1, 0.15) is 32.6 Å². The summed E-state index contributed by atoms with van der Waals surface area (Å²) in [5, 5.41) is 3.30. The molecular weight excluding hydrogens is 334 g/mol. The predicted octanol–water partition coefficient (Wildman–Crippen LogP) is 4.20. The van der Waals surface area contributed by atoms with Gasteiger partial charge in [0.2, 0.25) is 0 Å². The monoisotopic (exact) mass is 357 g/mol. The van der Waals surface area contributed by atoms with E-state index in [4.69, 9.17) is 0 Å². The Kier molecular flexibility index (Phi) is 4.88. The minimum absolute atomic E-state index is 0.0436. The van der Waals surface area contributed by atoms with Gasteiger partial charge in [0, 0.05) is 25.8 Å². The van der Waals surface area contributed by atoms with Crippen LogP contribution in [-0.4, -0.2) is 22.3 Å². The molecule has 0 saturated heterocycles. The Morgan fingerprint density at radius 1 is 1.04 bits per heavy atom. The van der Waals surface area contributed by atoms with Crippen molar-refractivity contribution in [2.45, 2.75) is 26.4 Å². The zero-order valence-electron chi connectivity index (χ0n) is 15.5. The molecule has 1 aromatic heterocycles. The molecule has 136 valence electrons. The van der Waals surface area contributed by atoms with Crippen molar-refractivity contribution in [2.75, 3.05) is 11.9 Å². The summed E-state index contributed by atoms with van der Waals surface area (Å²) in [4.78, 5) is 19.1. The Bertz CT molecular complexity index is 933. The van der Waals surface area contributed by atoms with Gasteiger partial charge in [-0.05, 0) is 42.2 Å². The molecule has 27 heavy (non-hydrogen) atoms. The fourth-order valence-electron chi connectivity index (χ4n) is 3.38. The number of pyridine rings is 1. The zero-order valence-corrected chi connectivity index (χ0v) is 15.5. The van der Waals surface area contributed by atoms with Gasteiger partial charge in [0.15, 0.2) is 0 Å². The summed E-state index contributed by atoms with van der Waals surface area (Å²) in [5.74, 6) is 0.818. The smallest absolute Gasteiger partial charge is 0.255 e. The van der Waals surface area contributed by atoms with Crippen molar-refractivity contribution >= 4 is 11.7 Å². The number of carbonyl (C=O) groups excluding carboxylic acids is 1. The molecular formula is C23H23N3O. The highest BCUT2D eigenvalue weighted by atomic mass is 16.2. The van der Waals surface area contributed by atoms with E-state index in [0.717, 1.165) is 18.8 Å². The summed E-state index contributed by atoms with van der Waals surface area (Å²) in [6.07, 6.45) is 2.58. The Balaban J connectivity index is 1.38. The molecule has 1 aliphatic rings. The Hall–Kier alpha value is -3.14. The largest absolute Gasteiger partial charge is 0.366 e. The third kappa shape index (κ3) is 4.00. The Morgan fingerprint density at radius 3 is 2.56 bits per heavy atom. The van der Waals surface area contributed by atoms with Crippen molar-refractivity contribution < 1.29 is 4.79 Å². The van der Waals surface area contributed by atoms with Crippen molar-refractivity contribution in [3.8, 4) is 0 Å². The number of hydrogen-bond donors (Lipinski definition) is 1. The molecule has 0 radical (unpaired) electrons. The van der Waals surface area contributed by atoms with Gasteiger partial charge < -0.3 is 10.2 Å². The molecule has 1 aliphatic heterocycles. The molecule has 1 amide bonds. The SMILES string of the molecule is Cc1ccc(CNc2ccc(C(=O)N3CCc4ccccc4C3)cn2)cc1. The zero-order chi connectivity index (χ0) is 18.6. The van der Waals surface area contributed by atoms with Crippen LogP contribution in [0.15, 0.2) is 66.9 Å². The lowest BCUT2D eigenvalue weighted by atomic mass is 9.99. The maximum atomic E-state index is 12.8. The molecule has 1 N–H and O–H groups in total. The molecule has 2 heterocycles. The molecule has 0 atom stereocenters. The summed E-state index contributed by atoms with van der Waals surface area (Å²) >= 11 is 0. The fraction of sp³-hybridized carbons (Fsp3) is 0.217. The van der Waals surface area contributed by atoms with Crippen LogP contribution in [0.4, 0.5) is 5.82 Å². The molecule has 0 bridgehead atoms. The summed E-state index contributed by atoms with van der Waals surface area (Å²) in [6, 6.07) is 20.5. The van der Waals surface area contributed by atoms with E-state index in [1.165, 1.54) is 22.3 Å². The average molecular weight is 357 g/mol. The number of aromatic nitrogens is 1. The third-order valence-electron chi connectivity index (χ3n) is 5.02. The molecule has 0 unspecified atom stereocenters. The number of amides is 1. The van der Waals surface area contributed by atoms with Gasteiger partial charge in [0.1, 0.15) is 5.82 Å². The van der Waals surface area contributed by atoms with E-state index in [2.05, 4.69) is 59.7 Å². The number of carbonyl (C=O) groups is 1. The lowest BCUT2D eigenvalue weighted by molar-refractivity contribution is 0.0734. The molecule has 0 saturated carbocycles. The highest BCUT2D eigenvalue weighted by Gasteiger charge is 2.21. The number of nitrogens with one attached hydrogen (secondary N) is 1. The average Bonchev–Trinajstić information content (AvgIpc) is 2.73. The number of hydrogen-bond acceptors (Lipinski definition) is 3. The number of nitrogens with zero attached hydrogens (tertiary/aromatic N) is 2. The Labute approximate surface area is 159 Å². The van der Waals surface area contributed by atoms with Crippen LogP contribution in [0.25, 0.3) is 0 Å². The molecule has 0 fully saturated rings. The van der Waals surface area contributed by atoms with Crippen molar-refractivity contribution in [1.29, 1.82) is 0 Å². The van der Waals surface area contributed by atoms with Crippen LogP contribution in [-0.2, 0) is 19.5 Å². The van der Waals surface area contributed by atoms with Crippen LogP contribution in [0.2, 0.25) is 0 Å². The highest BCUT2D eigenvalue weighted by molar-refractivity contribution is 5.94. The van der Waals surface area contributed by atoms with Crippen molar-refractivity contribution in [1.82, 2.24) is 9.88 Å². The molecule has 0 aliphatic carbocycles. The van der Waals surface area contributed by atoms with Gasteiger partial charge in [-0.25, -0.2) is 4.98 Å². The first-order valence-corrected chi connectivity index (χ1v) is 9.30. The third-order valence-corrected chi connectivity index (χ3v) is 5.02. The number of anilines is 1. The molecule has 4 nitrogen and oxygen atoms in total. The van der Waals surface area contributed by atoms with Crippen LogP contribution in [0, 0.1) is 6.92 Å². The molecule has 3 aromatic rings. The van der Waals surface area contributed by atoms with Gasteiger partial charge in [-0.2, -0.15) is 0 Å². The number of fused-ring (bicyclic) bond motifs is 1. The van der Waals surface area contributed by atoms with E-state index in [0.29, 0.717) is 18.7 Å². The standard InChI is InChI=1S/C23H23N3O/c1-17-6-8-18(9-7-17)14-24-22-11-10-20(15-25-22)23(27)26-13-12-19-4-2-3-5-21(19)16-26/h2-11,15H,12-14,16H2,1H3,(H,24,25). The van der Waals surface area contributed by atoms with Gasteiger partial charge in [-0.3, -0.25) is 4.79 Å². The topological polar surface area (TPSA) is 45.2 Å². The summed E-state index contributed by atoms with van der Waals surface area (Å²) in [6.45, 7) is 4.21. The van der Waals surface area contributed by atoms with E-state index in [-0.39, 0.29) is 5.91 Å². The quantitative estimate of drug-likeness (QED) is 0.761. The van der Waals surface area contributed by atoms with Crippen LogP contribution in [0.5, 0.6) is 0 Å². The molecule has 0 spiro atoms. The second kappa shape index (κ2) is 7.62. The molecule has 2 aromatic carbocycles. The summed E-state index contributed by atoms with van der Waals surface area (Å²) < 4.78 is 0.